The second kappa shape index (κ2) is 6.92. The Morgan fingerprint density at radius 1 is 1.03 bits per heavy atom. The second-order valence-corrected chi connectivity index (χ2v) is 9.63. The summed E-state index contributed by atoms with van der Waals surface area (Å²) in [6.07, 6.45) is 9.07. The maximum absolute atomic E-state index is 13.4. The van der Waals surface area contributed by atoms with Crippen LogP contribution in [0.2, 0.25) is 0 Å². The highest BCUT2D eigenvalue weighted by atomic mass is 16.1. The number of hydrogen-bond donors (Lipinski definition) is 2. The Morgan fingerprint density at radius 3 is 2.60 bits per heavy atom. The summed E-state index contributed by atoms with van der Waals surface area (Å²) in [5.41, 5.74) is 13.5. The molecule has 35 heavy (non-hydrogen) atoms. The number of hydrogen-bond acceptors (Lipinski definition) is 5. The fourth-order valence-corrected chi connectivity index (χ4v) is 5.53. The summed E-state index contributed by atoms with van der Waals surface area (Å²) in [5.74, 6) is 0. The van der Waals surface area contributed by atoms with E-state index in [4.69, 9.17) is 10.7 Å². The molecule has 7 rings (SSSR count). The number of nitrogens with zero attached hydrogens (tertiary/aromatic N) is 7. The first-order valence-corrected chi connectivity index (χ1v) is 11.7. The molecule has 6 aromatic rings. The molecule has 0 saturated heterocycles. The van der Waals surface area contributed by atoms with Crippen molar-refractivity contribution in [2.24, 2.45) is 26.9 Å². The fraction of sp³-hybridized carbons (Fsp3) is 0.280. The van der Waals surface area contributed by atoms with Crippen molar-refractivity contribution in [1.82, 2.24) is 38.7 Å². The molecule has 3 N–H and O–H groups in total. The molecule has 5 heterocycles. The van der Waals surface area contributed by atoms with Crippen molar-refractivity contribution in [3.63, 3.8) is 0 Å². The van der Waals surface area contributed by atoms with Gasteiger partial charge in [-0.3, -0.25) is 18.5 Å². The number of aromatic nitrogens is 8. The van der Waals surface area contributed by atoms with Crippen LogP contribution in [0.3, 0.4) is 0 Å². The molecule has 0 spiro atoms. The number of nitrogens with one attached hydrogen (secondary N) is 1. The van der Waals surface area contributed by atoms with Crippen LogP contribution in [-0.2, 0) is 21.1 Å². The molecular weight excluding hydrogens is 442 g/mol. The molecule has 10 heteroatoms. The smallest absolute Gasteiger partial charge is 0.329 e. The van der Waals surface area contributed by atoms with Crippen LogP contribution >= 0.6 is 0 Å². The number of nitrogens with two attached hydrogens (primary N) is 1. The standard InChI is InChI=1S/C25H25N9O/c1-31-12-15(10-28-31)22-20(13-4-5-18-14(6-13)9-29-33(18)3)21-23-19(11-27-24(21)30-22)32(2)25(35)34(23)17-7-16(26)8-17/h4-6,9-12,16-17H,7-8,26H2,1-3H3,(H,27,30). The van der Waals surface area contributed by atoms with Crippen LogP contribution in [0.25, 0.3) is 55.4 Å². The summed E-state index contributed by atoms with van der Waals surface area (Å²) in [6, 6.07) is 6.55. The van der Waals surface area contributed by atoms with Gasteiger partial charge in [0, 0.05) is 55.9 Å². The Balaban J connectivity index is 1.63. The molecule has 1 saturated carbocycles. The van der Waals surface area contributed by atoms with Crippen LogP contribution in [0, 0.1) is 0 Å². The van der Waals surface area contributed by atoms with E-state index in [0.29, 0.717) is 0 Å². The van der Waals surface area contributed by atoms with Crippen LogP contribution in [0.5, 0.6) is 0 Å². The van der Waals surface area contributed by atoms with Crippen LogP contribution in [-0.4, -0.2) is 44.7 Å². The number of fused-ring (bicyclic) bond motifs is 4. The molecule has 0 amide bonds. The van der Waals surface area contributed by atoms with Crippen molar-refractivity contribution in [2.75, 3.05) is 0 Å². The minimum absolute atomic E-state index is 0.0380. The van der Waals surface area contributed by atoms with Crippen molar-refractivity contribution >= 4 is 33.0 Å². The molecule has 0 unspecified atom stereocenters. The summed E-state index contributed by atoms with van der Waals surface area (Å²) in [4.78, 5) is 21.7. The molecule has 1 aliphatic carbocycles. The maximum Gasteiger partial charge on any atom is 0.329 e. The molecule has 5 aromatic heterocycles. The van der Waals surface area contributed by atoms with Gasteiger partial charge in [0.15, 0.2) is 0 Å². The average molecular weight is 468 g/mol. The third kappa shape index (κ3) is 2.74. The first-order chi connectivity index (χ1) is 16.9. The number of aryl methyl sites for hydroxylation is 3. The summed E-state index contributed by atoms with van der Waals surface area (Å²) >= 11 is 0. The summed E-state index contributed by atoms with van der Waals surface area (Å²) in [5, 5.41) is 10.8. The highest BCUT2D eigenvalue weighted by molar-refractivity contribution is 6.14. The van der Waals surface area contributed by atoms with Gasteiger partial charge in [-0.2, -0.15) is 10.2 Å². The predicted octanol–water partition coefficient (Wildman–Crippen LogP) is 2.83. The predicted molar refractivity (Wildman–Crippen MR) is 135 cm³/mol. The molecule has 0 aliphatic heterocycles. The first-order valence-electron chi connectivity index (χ1n) is 11.7. The van der Waals surface area contributed by atoms with Gasteiger partial charge in [0.05, 0.1) is 46.2 Å². The first kappa shape index (κ1) is 20.2. The van der Waals surface area contributed by atoms with E-state index in [-0.39, 0.29) is 17.8 Å². The van der Waals surface area contributed by atoms with Gasteiger partial charge in [-0.15, -0.1) is 0 Å². The van der Waals surface area contributed by atoms with Gasteiger partial charge in [-0.25, -0.2) is 9.78 Å². The van der Waals surface area contributed by atoms with Crippen LogP contribution in [0.15, 0.2) is 47.8 Å². The Hall–Kier alpha value is -4.18. The lowest BCUT2D eigenvalue weighted by atomic mass is 9.87. The molecule has 0 bridgehead atoms. The molecule has 1 aromatic carbocycles. The van der Waals surface area contributed by atoms with Crippen molar-refractivity contribution < 1.29 is 0 Å². The molecule has 10 nitrogen and oxygen atoms in total. The minimum atomic E-state index is -0.0380. The Kier molecular flexibility index (Phi) is 4.00. The van der Waals surface area contributed by atoms with Crippen molar-refractivity contribution in [3.05, 3.63) is 53.5 Å². The molecule has 0 atom stereocenters. The molecular formula is C25H25N9O. The fourth-order valence-electron chi connectivity index (χ4n) is 5.53. The van der Waals surface area contributed by atoms with Gasteiger partial charge < -0.3 is 10.7 Å². The third-order valence-electron chi connectivity index (χ3n) is 7.41. The normalized spacial score (nSPS) is 18.2. The molecule has 1 aliphatic rings. The van der Waals surface area contributed by atoms with Gasteiger partial charge in [0.25, 0.3) is 0 Å². The van der Waals surface area contributed by atoms with Gasteiger partial charge in [0.1, 0.15) is 5.65 Å². The number of rotatable bonds is 3. The number of pyridine rings is 1. The number of H-pyrrole nitrogens is 1. The van der Waals surface area contributed by atoms with Crippen LogP contribution in [0.4, 0.5) is 0 Å². The van der Waals surface area contributed by atoms with Gasteiger partial charge in [-0.05, 0) is 30.5 Å². The summed E-state index contributed by atoms with van der Waals surface area (Å²) in [6.45, 7) is 0. The summed E-state index contributed by atoms with van der Waals surface area (Å²) in [7, 11) is 5.65. The lowest BCUT2D eigenvalue weighted by Gasteiger charge is -2.33. The van der Waals surface area contributed by atoms with E-state index in [1.54, 1.807) is 15.4 Å². The minimum Gasteiger partial charge on any atom is -0.339 e. The summed E-state index contributed by atoms with van der Waals surface area (Å²) < 4.78 is 7.27. The molecule has 0 radical (unpaired) electrons. The lowest BCUT2D eigenvalue weighted by Crippen LogP contribution is -2.41. The zero-order valence-corrected chi connectivity index (χ0v) is 19.7. The Morgan fingerprint density at radius 2 is 1.86 bits per heavy atom. The van der Waals surface area contributed by atoms with E-state index in [2.05, 4.69) is 33.4 Å². The van der Waals surface area contributed by atoms with Gasteiger partial charge in [0.2, 0.25) is 0 Å². The van der Waals surface area contributed by atoms with E-state index in [9.17, 15) is 4.79 Å². The number of benzene rings is 1. The van der Waals surface area contributed by atoms with Crippen molar-refractivity contribution in [2.45, 2.75) is 24.9 Å². The zero-order chi connectivity index (χ0) is 24.0. The monoisotopic (exact) mass is 467 g/mol. The zero-order valence-electron chi connectivity index (χ0n) is 19.7. The highest BCUT2D eigenvalue weighted by Gasteiger charge is 2.32. The molecule has 176 valence electrons. The van der Waals surface area contributed by atoms with Crippen LogP contribution < -0.4 is 11.4 Å². The second-order valence-electron chi connectivity index (χ2n) is 9.63. The number of aromatic amines is 1. The quantitative estimate of drug-likeness (QED) is 0.415. The van der Waals surface area contributed by atoms with Gasteiger partial charge >= 0.3 is 5.69 Å². The van der Waals surface area contributed by atoms with Crippen molar-refractivity contribution in [1.29, 1.82) is 0 Å². The van der Waals surface area contributed by atoms with Crippen molar-refractivity contribution in [3.8, 4) is 22.4 Å². The van der Waals surface area contributed by atoms with E-state index in [1.165, 1.54) is 0 Å². The average Bonchev–Trinajstić information content (AvgIpc) is 3.57. The highest BCUT2D eigenvalue weighted by Crippen LogP contribution is 2.43. The topological polar surface area (TPSA) is 117 Å². The Labute approximate surface area is 199 Å². The third-order valence-corrected chi connectivity index (χ3v) is 7.41. The van der Waals surface area contributed by atoms with Crippen LogP contribution in [0.1, 0.15) is 18.9 Å². The van der Waals surface area contributed by atoms with E-state index in [0.717, 1.165) is 68.2 Å². The SMILES string of the molecule is Cn1cc(-c2[nH]c3ncc4c(c3c2-c2ccc3c(cnn3C)c2)n(C2CC(N)C2)c(=O)n4C)cn1. The lowest BCUT2D eigenvalue weighted by molar-refractivity contribution is 0.266. The largest absolute Gasteiger partial charge is 0.339 e. The van der Waals surface area contributed by atoms with E-state index < -0.39 is 0 Å². The molecule has 1 fully saturated rings. The van der Waals surface area contributed by atoms with Gasteiger partial charge in [-0.1, -0.05) is 6.07 Å². The maximum atomic E-state index is 13.4. The van der Waals surface area contributed by atoms with E-state index in [1.807, 2.05) is 49.0 Å². The Bertz CT molecular complexity index is 1840. The van der Waals surface area contributed by atoms with E-state index >= 15 is 0 Å². The number of imidazole rings is 1.